The number of rotatable bonds is 8. The third-order valence-electron chi connectivity index (χ3n) is 5.30. The van der Waals surface area contributed by atoms with Gasteiger partial charge in [0.15, 0.2) is 0 Å². The van der Waals surface area contributed by atoms with Crippen LogP contribution in [0.4, 0.5) is 0 Å². The second kappa shape index (κ2) is 8.19. The lowest BCUT2D eigenvalue weighted by Gasteiger charge is -2.30. The summed E-state index contributed by atoms with van der Waals surface area (Å²) in [4.78, 5) is 0. The van der Waals surface area contributed by atoms with Crippen LogP contribution in [0.15, 0.2) is 48.5 Å². The lowest BCUT2D eigenvalue weighted by Crippen LogP contribution is -2.24. The Bertz CT molecular complexity index is 682. The zero-order valence-corrected chi connectivity index (χ0v) is 16.9. The van der Waals surface area contributed by atoms with Crippen LogP contribution < -0.4 is 0 Å². The number of benzene rings is 2. The normalized spacial score (nSPS) is 12.4. The van der Waals surface area contributed by atoms with E-state index in [1.807, 2.05) is 0 Å². The minimum Gasteiger partial charge on any atom is -0.371 e. The van der Waals surface area contributed by atoms with Gasteiger partial charge >= 0.3 is 0 Å². The van der Waals surface area contributed by atoms with Gasteiger partial charge in [0.25, 0.3) is 0 Å². The van der Waals surface area contributed by atoms with Gasteiger partial charge in [-0.3, -0.25) is 0 Å². The zero-order chi connectivity index (χ0) is 18.5. The fourth-order valence-corrected chi connectivity index (χ4v) is 3.18. The molecule has 0 aromatic heterocycles. The number of aryl methyl sites for hydroxylation is 1. The van der Waals surface area contributed by atoms with Crippen molar-refractivity contribution in [2.45, 2.75) is 71.8 Å². The van der Waals surface area contributed by atoms with E-state index in [0.717, 1.165) is 25.9 Å². The summed E-state index contributed by atoms with van der Waals surface area (Å²) in [5.41, 5.74) is 5.07. The maximum Gasteiger partial charge on any atom is 0.0875 e. The van der Waals surface area contributed by atoms with Crippen molar-refractivity contribution in [3.63, 3.8) is 0 Å². The summed E-state index contributed by atoms with van der Waals surface area (Å²) in [5, 5.41) is 0. The molecule has 1 nitrogen and oxygen atoms in total. The second-order valence-corrected chi connectivity index (χ2v) is 7.97. The molecule has 0 aliphatic heterocycles. The van der Waals surface area contributed by atoms with Gasteiger partial charge in [0, 0.05) is 12.0 Å². The highest BCUT2D eigenvalue weighted by Gasteiger charge is 2.27. The summed E-state index contributed by atoms with van der Waals surface area (Å²) in [6, 6.07) is 17.9. The maximum atomic E-state index is 6.17. The molecule has 0 fully saturated rings. The summed E-state index contributed by atoms with van der Waals surface area (Å²) < 4.78 is 6.17. The van der Waals surface area contributed by atoms with Gasteiger partial charge in [-0.1, -0.05) is 82.6 Å². The molecule has 25 heavy (non-hydrogen) atoms. The van der Waals surface area contributed by atoms with Crippen molar-refractivity contribution in [1.82, 2.24) is 0 Å². The van der Waals surface area contributed by atoms with Gasteiger partial charge < -0.3 is 4.74 Å². The number of hydrogen-bond donors (Lipinski definition) is 0. The molecule has 1 heteroatoms. The minimum atomic E-state index is -0.257. The number of hydrogen-bond acceptors (Lipinski definition) is 1. The van der Waals surface area contributed by atoms with E-state index in [1.54, 1.807) is 0 Å². The molecule has 0 spiro atoms. The Morgan fingerprint density at radius 2 is 1.40 bits per heavy atom. The second-order valence-electron chi connectivity index (χ2n) is 7.97. The van der Waals surface area contributed by atoms with Crippen LogP contribution in [0.3, 0.4) is 0 Å². The molecule has 0 bridgehead atoms. The van der Waals surface area contributed by atoms with E-state index < -0.39 is 0 Å². The topological polar surface area (TPSA) is 9.23 Å². The van der Waals surface area contributed by atoms with Gasteiger partial charge in [-0.05, 0) is 48.9 Å². The summed E-state index contributed by atoms with van der Waals surface area (Å²) in [5.74, 6) is 0. The molecule has 0 unspecified atom stereocenters. The van der Waals surface area contributed by atoms with E-state index in [0.29, 0.717) is 0 Å². The van der Waals surface area contributed by atoms with Gasteiger partial charge in [0.05, 0.1) is 5.60 Å². The van der Waals surface area contributed by atoms with Crippen LogP contribution in [0.2, 0.25) is 0 Å². The first kappa shape index (κ1) is 19.7. The van der Waals surface area contributed by atoms with Gasteiger partial charge in [0.1, 0.15) is 0 Å². The molecular formula is C24H34O. The summed E-state index contributed by atoms with van der Waals surface area (Å²) >= 11 is 0. The Kier molecular flexibility index (Phi) is 6.46. The fraction of sp³-hybridized carbons (Fsp3) is 0.500. The molecule has 2 aromatic rings. The Morgan fingerprint density at radius 1 is 0.800 bits per heavy atom. The fourth-order valence-electron chi connectivity index (χ4n) is 3.18. The minimum absolute atomic E-state index is 0.0271. The van der Waals surface area contributed by atoms with Crippen molar-refractivity contribution in [1.29, 1.82) is 0 Å². The van der Waals surface area contributed by atoms with Crippen LogP contribution in [0.1, 0.15) is 76.6 Å². The van der Waals surface area contributed by atoms with Crippen LogP contribution in [0.5, 0.6) is 0 Å². The summed E-state index contributed by atoms with van der Waals surface area (Å²) in [6.45, 7) is 14.2. The van der Waals surface area contributed by atoms with E-state index in [-0.39, 0.29) is 11.0 Å². The average molecular weight is 339 g/mol. The molecule has 0 saturated heterocycles. The zero-order valence-electron chi connectivity index (χ0n) is 16.9. The molecule has 0 atom stereocenters. The van der Waals surface area contributed by atoms with Crippen molar-refractivity contribution >= 4 is 0 Å². The first-order valence-electron chi connectivity index (χ1n) is 9.65. The lowest BCUT2D eigenvalue weighted by atomic mass is 9.76. The van der Waals surface area contributed by atoms with E-state index in [1.165, 1.54) is 22.3 Å². The van der Waals surface area contributed by atoms with E-state index in [9.17, 15) is 0 Å². The quantitative estimate of drug-likeness (QED) is 0.491. The van der Waals surface area contributed by atoms with Crippen LogP contribution in [-0.4, -0.2) is 6.61 Å². The molecule has 136 valence electrons. The summed E-state index contributed by atoms with van der Waals surface area (Å²) in [6.07, 6.45) is 3.34. The molecule has 2 rings (SSSR count). The van der Waals surface area contributed by atoms with Crippen LogP contribution >= 0.6 is 0 Å². The first-order valence-corrected chi connectivity index (χ1v) is 9.65. The standard InChI is InChI=1S/C24H34O/c1-7-9-16-25-24(5,6)22-15-11-14-21(18-22)23(3,4)20-13-10-12-19(8-2)17-20/h10-15,17-18H,7-9,16H2,1-6H3. The molecule has 0 heterocycles. The van der Waals surface area contributed by atoms with E-state index in [4.69, 9.17) is 4.74 Å². The monoisotopic (exact) mass is 338 g/mol. The van der Waals surface area contributed by atoms with Crippen LogP contribution in [0, 0.1) is 0 Å². The maximum absolute atomic E-state index is 6.17. The van der Waals surface area contributed by atoms with Crippen molar-refractivity contribution in [3.05, 3.63) is 70.8 Å². The Balaban J connectivity index is 2.33. The molecular weight excluding hydrogens is 304 g/mol. The van der Waals surface area contributed by atoms with Crippen molar-refractivity contribution < 1.29 is 4.74 Å². The smallest absolute Gasteiger partial charge is 0.0875 e. The molecule has 0 aliphatic rings. The van der Waals surface area contributed by atoms with Crippen molar-refractivity contribution in [2.24, 2.45) is 0 Å². The largest absolute Gasteiger partial charge is 0.371 e. The predicted molar refractivity (Wildman–Crippen MR) is 108 cm³/mol. The van der Waals surface area contributed by atoms with Crippen LogP contribution in [-0.2, 0) is 22.2 Å². The summed E-state index contributed by atoms with van der Waals surface area (Å²) in [7, 11) is 0. The predicted octanol–water partition coefficient (Wildman–Crippen LogP) is 6.63. The van der Waals surface area contributed by atoms with Crippen LogP contribution in [0.25, 0.3) is 0 Å². The lowest BCUT2D eigenvalue weighted by molar-refractivity contribution is -0.0230. The third kappa shape index (κ3) is 4.73. The number of ether oxygens (including phenoxy) is 1. The average Bonchev–Trinajstić information content (AvgIpc) is 2.62. The highest BCUT2D eigenvalue weighted by atomic mass is 16.5. The van der Waals surface area contributed by atoms with E-state index >= 15 is 0 Å². The third-order valence-corrected chi connectivity index (χ3v) is 5.30. The van der Waals surface area contributed by atoms with Gasteiger partial charge in [-0.2, -0.15) is 0 Å². The van der Waals surface area contributed by atoms with E-state index in [2.05, 4.69) is 90.1 Å². The number of unbranched alkanes of at least 4 members (excludes halogenated alkanes) is 1. The highest BCUT2D eigenvalue weighted by Crippen LogP contribution is 2.35. The molecule has 0 N–H and O–H groups in total. The van der Waals surface area contributed by atoms with Gasteiger partial charge in [0.2, 0.25) is 0 Å². The Hall–Kier alpha value is -1.60. The Labute approximate surface area is 154 Å². The molecule has 2 aromatic carbocycles. The van der Waals surface area contributed by atoms with Gasteiger partial charge in [-0.15, -0.1) is 0 Å². The molecule has 0 saturated carbocycles. The molecule has 0 aliphatic carbocycles. The highest BCUT2D eigenvalue weighted by molar-refractivity contribution is 5.41. The molecule has 0 amide bonds. The SMILES string of the molecule is CCCCOC(C)(C)c1cccc(C(C)(C)c2cccc(CC)c2)c1. The Morgan fingerprint density at radius 3 is 2.04 bits per heavy atom. The first-order chi connectivity index (χ1) is 11.8. The van der Waals surface area contributed by atoms with Gasteiger partial charge in [-0.25, -0.2) is 0 Å². The molecule has 0 radical (unpaired) electrons. The van der Waals surface area contributed by atoms with Crippen molar-refractivity contribution in [3.8, 4) is 0 Å². The van der Waals surface area contributed by atoms with Crippen molar-refractivity contribution in [2.75, 3.05) is 6.61 Å².